The first-order valence-electron chi connectivity index (χ1n) is 11.2. The van der Waals surface area contributed by atoms with E-state index in [0.717, 1.165) is 16.7 Å². The lowest BCUT2D eigenvalue weighted by Crippen LogP contribution is -2.49. The van der Waals surface area contributed by atoms with Gasteiger partial charge in [-0.25, -0.2) is 13.2 Å². The van der Waals surface area contributed by atoms with Crippen molar-refractivity contribution in [2.45, 2.75) is 36.4 Å². The van der Waals surface area contributed by atoms with Crippen LogP contribution in [0.3, 0.4) is 0 Å². The molecule has 3 aromatic rings. The van der Waals surface area contributed by atoms with E-state index in [1.807, 2.05) is 43.3 Å². The minimum absolute atomic E-state index is 0.0282. The van der Waals surface area contributed by atoms with Crippen LogP contribution < -0.4 is 0 Å². The molecule has 0 aliphatic carbocycles. The maximum absolute atomic E-state index is 14.0. The largest absolute Gasteiger partial charge is 0.463 e. The molecular formula is C27H24ClNO5S. The number of carbonyl (C=O) groups is 1. The average Bonchev–Trinajstić information content (AvgIpc) is 3.18. The third kappa shape index (κ3) is 4.03. The molecule has 0 unspecified atom stereocenters. The lowest BCUT2D eigenvalue weighted by molar-refractivity contribution is -0.154. The van der Waals surface area contributed by atoms with Crippen LogP contribution in [0.25, 0.3) is 0 Å². The van der Waals surface area contributed by atoms with Crippen LogP contribution in [0.1, 0.15) is 34.6 Å². The van der Waals surface area contributed by atoms with Crippen LogP contribution in [0.5, 0.6) is 0 Å². The predicted molar refractivity (Wildman–Crippen MR) is 132 cm³/mol. The molecule has 2 aliphatic heterocycles. The SMILES string of the molecule is COC(=O)C1=C[C@H](c2ccc(Cl)cc2)C[C@]2(O1)c1ccccc1CN2S(=O)(=O)c1ccc(C)cc1. The molecule has 0 saturated carbocycles. The monoisotopic (exact) mass is 509 g/mol. The fraction of sp³-hybridized carbons (Fsp3) is 0.222. The summed E-state index contributed by atoms with van der Waals surface area (Å²) in [5.41, 5.74) is 1.95. The number of halogens is 1. The van der Waals surface area contributed by atoms with Crippen molar-refractivity contribution < 1.29 is 22.7 Å². The highest BCUT2D eigenvalue weighted by Crippen LogP contribution is 2.52. The number of ether oxygens (including phenoxy) is 2. The van der Waals surface area contributed by atoms with E-state index in [-0.39, 0.29) is 29.5 Å². The minimum atomic E-state index is -3.99. The second-order valence-corrected chi connectivity index (χ2v) is 11.1. The topological polar surface area (TPSA) is 72.9 Å². The number of rotatable bonds is 4. The van der Waals surface area contributed by atoms with Gasteiger partial charge >= 0.3 is 5.97 Å². The Balaban J connectivity index is 1.69. The van der Waals surface area contributed by atoms with Gasteiger partial charge < -0.3 is 9.47 Å². The zero-order valence-electron chi connectivity index (χ0n) is 19.3. The van der Waals surface area contributed by atoms with Gasteiger partial charge in [-0.1, -0.05) is 65.7 Å². The molecule has 2 aliphatic rings. The van der Waals surface area contributed by atoms with E-state index in [9.17, 15) is 13.2 Å². The maximum atomic E-state index is 14.0. The first-order valence-corrected chi connectivity index (χ1v) is 13.0. The van der Waals surface area contributed by atoms with Crippen molar-refractivity contribution >= 4 is 27.6 Å². The van der Waals surface area contributed by atoms with Crippen LogP contribution in [0, 0.1) is 6.92 Å². The molecule has 35 heavy (non-hydrogen) atoms. The molecule has 6 nitrogen and oxygen atoms in total. The van der Waals surface area contributed by atoms with E-state index < -0.39 is 21.7 Å². The molecule has 8 heteroatoms. The number of sulfonamides is 1. The molecule has 180 valence electrons. The van der Waals surface area contributed by atoms with Gasteiger partial charge in [-0.2, -0.15) is 0 Å². The van der Waals surface area contributed by atoms with Crippen LogP contribution in [-0.4, -0.2) is 25.8 Å². The zero-order chi connectivity index (χ0) is 24.8. The van der Waals surface area contributed by atoms with Crippen LogP contribution in [0.4, 0.5) is 0 Å². The van der Waals surface area contributed by atoms with Crippen LogP contribution in [0.2, 0.25) is 5.02 Å². The fourth-order valence-corrected chi connectivity index (χ4v) is 6.59. The molecule has 0 N–H and O–H groups in total. The molecule has 5 rings (SSSR count). The molecule has 0 saturated heterocycles. The standard InChI is InChI=1S/C27H24ClNO5S/c1-18-7-13-23(14-8-18)35(31,32)29-17-20-5-3-4-6-24(20)27(29)16-21(15-25(34-27)26(30)33-2)19-9-11-22(28)12-10-19/h3-15,21H,16-17H2,1-2H3/t21-,27-/m0/s1. The first kappa shape index (κ1) is 23.6. The Morgan fingerprint density at radius 3 is 2.43 bits per heavy atom. The number of hydrogen-bond acceptors (Lipinski definition) is 5. The number of allylic oxidation sites excluding steroid dienone is 1. The number of benzene rings is 3. The molecule has 0 bridgehead atoms. The van der Waals surface area contributed by atoms with Crippen LogP contribution in [0.15, 0.2) is 89.5 Å². The number of carbonyl (C=O) groups excluding carboxylic acids is 1. The van der Waals surface area contributed by atoms with Gasteiger partial charge in [0.15, 0.2) is 0 Å². The summed E-state index contributed by atoms with van der Waals surface area (Å²) in [6, 6.07) is 21.5. The van der Waals surface area contributed by atoms with E-state index in [0.29, 0.717) is 10.6 Å². The summed E-state index contributed by atoms with van der Waals surface area (Å²) in [5, 5.41) is 0.586. The third-order valence-corrected chi connectivity index (χ3v) is 8.70. The predicted octanol–water partition coefficient (Wildman–Crippen LogP) is 5.27. The summed E-state index contributed by atoms with van der Waals surface area (Å²) in [5.74, 6) is -1.02. The highest BCUT2D eigenvalue weighted by molar-refractivity contribution is 7.89. The average molecular weight is 510 g/mol. The Labute approximate surface area is 209 Å². The molecule has 0 amide bonds. The second kappa shape index (κ2) is 8.82. The van der Waals surface area contributed by atoms with E-state index in [4.69, 9.17) is 21.1 Å². The fourth-order valence-electron chi connectivity index (χ4n) is 4.82. The van der Waals surface area contributed by atoms with Crippen molar-refractivity contribution in [1.29, 1.82) is 0 Å². The lowest BCUT2D eigenvalue weighted by Gasteiger charge is -2.43. The zero-order valence-corrected chi connectivity index (χ0v) is 20.8. The van der Waals surface area contributed by atoms with Gasteiger partial charge in [0.1, 0.15) is 0 Å². The lowest BCUT2D eigenvalue weighted by atomic mass is 9.84. The Bertz CT molecular complexity index is 1420. The normalized spacial score (nSPS) is 21.8. The van der Waals surface area contributed by atoms with E-state index in [1.165, 1.54) is 11.4 Å². The molecule has 1 spiro atoms. The summed E-state index contributed by atoms with van der Waals surface area (Å²) in [7, 11) is -2.72. The minimum Gasteiger partial charge on any atom is -0.463 e. The van der Waals surface area contributed by atoms with Gasteiger partial charge in [0.05, 0.1) is 12.0 Å². The summed E-state index contributed by atoms with van der Waals surface area (Å²) in [6.45, 7) is 2.02. The third-order valence-electron chi connectivity index (χ3n) is 6.58. The van der Waals surface area contributed by atoms with Gasteiger partial charge in [0, 0.05) is 29.5 Å². The number of esters is 1. The Kier molecular flexibility index (Phi) is 5.95. The van der Waals surface area contributed by atoms with Crippen molar-refractivity contribution in [3.05, 3.63) is 112 Å². The van der Waals surface area contributed by atoms with Gasteiger partial charge in [0.2, 0.25) is 21.5 Å². The summed E-state index contributed by atoms with van der Waals surface area (Å²) >= 11 is 6.10. The number of hydrogen-bond donors (Lipinski definition) is 0. The van der Waals surface area contributed by atoms with Crippen LogP contribution in [-0.2, 0) is 36.6 Å². The van der Waals surface area contributed by atoms with Gasteiger partial charge in [0.25, 0.3) is 0 Å². The number of methoxy groups -OCH3 is 1. The van der Waals surface area contributed by atoms with Crippen molar-refractivity contribution in [2.75, 3.05) is 7.11 Å². The molecule has 2 heterocycles. The van der Waals surface area contributed by atoms with Gasteiger partial charge in [-0.15, -0.1) is 4.31 Å². The Morgan fingerprint density at radius 1 is 1.06 bits per heavy atom. The van der Waals surface area contributed by atoms with Gasteiger partial charge in [-0.3, -0.25) is 0 Å². The molecule has 0 aromatic heterocycles. The summed E-state index contributed by atoms with van der Waals surface area (Å²) < 4.78 is 40.7. The Morgan fingerprint density at radius 2 is 1.74 bits per heavy atom. The van der Waals surface area contributed by atoms with Crippen molar-refractivity contribution in [1.82, 2.24) is 4.31 Å². The van der Waals surface area contributed by atoms with Gasteiger partial charge in [-0.05, 0) is 48.4 Å². The maximum Gasteiger partial charge on any atom is 0.373 e. The Hall–Kier alpha value is -3.13. The highest BCUT2D eigenvalue weighted by Gasteiger charge is 2.56. The molecule has 0 radical (unpaired) electrons. The summed E-state index contributed by atoms with van der Waals surface area (Å²) in [4.78, 5) is 12.9. The van der Waals surface area contributed by atoms with Crippen molar-refractivity contribution in [2.24, 2.45) is 0 Å². The van der Waals surface area contributed by atoms with Crippen molar-refractivity contribution in [3.63, 3.8) is 0 Å². The van der Waals surface area contributed by atoms with Crippen LogP contribution >= 0.6 is 11.6 Å². The molecule has 3 aromatic carbocycles. The summed E-state index contributed by atoms with van der Waals surface area (Å²) in [6.07, 6.45) is 1.97. The highest BCUT2D eigenvalue weighted by atomic mass is 35.5. The number of nitrogens with zero attached hydrogens (tertiary/aromatic N) is 1. The molecule has 2 atom stereocenters. The number of fused-ring (bicyclic) bond motifs is 2. The number of aryl methyl sites for hydroxylation is 1. The van der Waals surface area contributed by atoms with E-state index in [1.54, 1.807) is 42.5 Å². The second-order valence-electron chi connectivity index (χ2n) is 8.75. The van der Waals surface area contributed by atoms with E-state index in [2.05, 4.69) is 0 Å². The smallest absolute Gasteiger partial charge is 0.373 e. The van der Waals surface area contributed by atoms with Crippen molar-refractivity contribution in [3.8, 4) is 0 Å². The molecule has 0 fully saturated rings. The first-order chi connectivity index (χ1) is 16.7. The molecular weight excluding hydrogens is 486 g/mol. The van der Waals surface area contributed by atoms with E-state index >= 15 is 0 Å². The quantitative estimate of drug-likeness (QED) is 0.448.